The molecule has 2 nitrogen and oxygen atoms in total. The van der Waals surface area contributed by atoms with Gasteiger partial charge in [0.2, 0.25) is 0 Å². The summed E-state index contributed by atoms with van der Waals surface area (Å²) in [6.07, 6.45) is 1.54. The first kappa shape index (κ1) is 11.3. The first-order chi connectivity index (χ1) is 5.63. The summed E-state index contributed by atoms with van der Waals surface area (Å²) in [5, 5.41) is 8.91. The van der Waals surface area contributed by atoms with Crippen molar-refractivity contribution < 1.29 is 9.84 Å². The van der Waals surface area contributed by atoms with E-state index in [1.807, 2.05) is 0 Å². The van der Waals surface area contributed by atoms with E-state index in [-0.39, 0.29) is 13.2 Å². The lowest BCUT2D eigenvalue weighted by Gasteiger charge is -2.08. The molecular weight excluding hydrogens is 176 g/mol. The van der Waals surface area contributed by atoms with Crippen LogP contribution in [0.5, 0.6) is 0 Å². The van der Waals surface area contributed by atoms with Crippen molar-refractivity contribution in [2.75, 3.05) is 13.2 Å². The van der Waals surface area contributed by atoms with Crippen LogP contribution >= 0.6 is 11.6 Å². The molecule has 0 rings (SSSR count). The molecule has 0 fully saturated rings. The monoisotopic (exact) mass is 188 g/mol. The fourth-order valence-corrected chi connectivity index (χ4v) is 0.703. The van der Waals surface area contributed by atoms with E-state index in [1.54, 1.807) is 13.0 Å². The normalized spacial score (nSPS) is 11.9. The fourth-order valence-electron chi connectivity index (χ4n) is 0.610. The molecule has 0 heterocycles. The molecule has 3 heteroatoms. The molecule has 0 spiro atoms. The summed E-state index contributed by atoms with van der Waals surface area (Å²) in [5.41, 5.74) is 0.736. The van der Waals surface area contributed by atoms with Crippen molar-refractivity contribution in [1.29, 1.82) is 0 Å². The summed E-state index contributed by atoms with van der Waals surface area (Å²) in [7, 11) is 0. The third-order valence-corrected chi connectivity index (χ3v) is 1.59. The van der Waals surface area contributed by atoms with Crippen molar-refractivity contribution in [3.8, 4) is 0 Å². The van der Waals surface area contributed by atoms with Gasteiger partial charge < -0.3 is 9.84 Å². The fraction of sp³-hybridized carbons (Fsp3) is 0.333. The minimum absolute atomic E-state index is 0.0284. The number of allylic oxidation sites excluding steroid dienone is 3. The Morgan fingerprint density at radius 3 is 2.58 bits per heavy atom. The Morgan fingerprint density at radius 2 is 2.25 bits per heavy atom. The number of aliphatic hydroxyl groups is 1. The highest BCUT2D eigenvalue weighted by Crippen LogP contribution is 2.17. The number of halogens is 1. The molecular formula is C9H13ClO2. The van der Waals surface area contributed by atoms with Crippen molar-refractivity contribution in [1.82, 2.24) is 0 Å². The van der Waals surface area contributed by atoms with Gasteiger partial charge in [0.05, 0.1) is 6.61 Å². The van der Waals surface area contributed by atoms with E-state index >= 15 is 0 Å². The van der Waals surface area contributed by atoms with Gasteiger partial charge in [-0.05, 0) is 13.0 Å². The van der Waals surface area contributed by atoms with E-state index in [0.29, 0.717) is 10.8 Å². The SMILES string of the molecule is C=C/C(OCCO)=C(/C)C(=C)Cl. The lowest BCUT2D eigenvalue weighted by Crippen LogP contribution is -1.99. The van der Waals surface area contributed by atoms with Gasteiger partial charge in [0, 0.05) is 10.6 Å². The molecule has 0 aliphatic heterocycles. The first-order valence-electron chi connectivity index (χ1n) is 3.55. The lowest BCUT2D eigenvalue weighted by molar-refractivity contribution is 0.151. The van der Waals surface area contributed by atoms with Gasteiger partial charge >= 0.3 is 0 Å². The lowest BCUT2D eigenvalue weighted by atomic mass is 10.2. The van der Waals surface area contributed by atoms with E-state index in [0.717, 1.165) is 5.57 Å². The zero-order chi connectivity index (χ0) is 9.56. The molecule has 0 amide bonds. The quantitative estimate of drug-likeness (QED) is 0.530. The molecule has 68 valence electrons. The van der Waals surface area contributed by atoms with Crippen LogP contribution in [-0.4, -0.2) is 18.3 Å². The molecule has 0 aromatic heterocycles. The molecule has 0 bridgehead atoms. The standard InChI is InChI=1S/C9H13ClO2/c1-4-9(12-6-5-11)7(2)8(3)10/h4,11H,1,3,5-6H2,2H3/b9-7+. The largest absolute Gasteiger partial charge is 0.491 e. The van der Waals surface area contributed by atoms with Crippen molar-refractivity contribution >= 4 is 11.6 Å². The average molecular weight is 189 g/mol. The van der Waals surface area contributed by atoms with Crippen molar-refractivity contribution in [2.45, 2.75) is 6.92 Å². The molecule has 0 aliphatic rings. The van der Waals surface area contributed by atoms with Gasteiger partial charge in [-0.2, -0.15) is 0 Å². The second-order valence-electron chi connectivity index (χ2n) is 2.17. The smallest absolute Gasteiger partial charge is 0.123 e. The predicted molar refractivity (Wildman–Crippen MR) is 50.9 cm³/mol. The van der Waals surface area contributed by atoms with E-state index in [2.05, 4.69) is 13.2 Å². The molecule has 0 radical (unpaired) electrons. The molecule has 0 saturated heterocycles. The average Bonchev–Trinajstić information content (AvgIpc) is 2.05. The van der Waals surface area contributed by atoms with Crippen LogP contribution in [-0.2, 0) is 4.74 Å². The Kier molecular flexibility index (Phi) is 5.51. The molecule has 12 heavy (non-hydrogen) atoms. The summed E-state index contributed by atoms with van der Waals surface area (Å²) in [4.78, 5) is 0. The maximum Gasteiger partial charge on any atom is 0.123 e. The van der Waals surface area contributed by atoms with Crippen LogP contribution in [0.1, 0.15) is 6.92 Å². The third kappa shape index (κ3) is 3.60. The molecule has 0 saturated carbocycles. The Morgan fingerprint density at radius 1 is 1.67 bits per heavy atom. The van der Waals surface area contributed by atoms with Crippen LogP contribution in [0, 0.1) is 0 Å². The maximum absolute atomic E-state index is 8.49. The van der Waals surface area contributed by atoms with Crippen LogP contribution in [0.25, 0.3) is 0 Å². The first-order valence-corrected chi connectivity index (χ1v) is 3.93. The van der Waals surface area contributed by atoms with Gasteiger partial charge in [0.25, 0.3) is 0 Å². The summed E-state index contributed by atoms with van der Waals surface area (Å²) >= 11 is 5.64. The number of hydrogen-bond acceptors (Lipinski definition) is 2. The number of rotatable bonds is 5. The second kappa shape index (κ2) is 5.86. The highest BCUT2D eigenvalue weighted by molar-refractivity contribution is 6.31. The molecule has 0 unspecified atom stereocenters. The number of aliphatic hydroxyl groups excluding tert-OH is 1. The molecule has 0 atom stereocenters. The third-order valence-electron chi connectivity index (χ3n) is 1.31. The Bertz CT molecular complexity index is 207. The summed E-state index contributed by atoms with van der Waals surface area (Å²) in [5.74, 6) is 0.559. The van der Waals surface area contributed by atoms with Gasteiger partial charge in [-0.15, -0.1) is 0 Å². The van der Waals surface area contributed by atoms with Crippen LogP contribution in [0.4, 0.5) is 0 Å². The summed E-state index contributed by atoms with van der Waals surface area (Å²) < 4.78 is 5.13. The van der Waals surface area contributed by atoms with Crippen LogP contribution in [0.3, 0.4) is 0 Å². The topological polar surface area (TPSA) is 29.5 Å². The zero-order valence-electron chi connectivity index (χ0n) is 7.14. The van der Waals surface area contributed by atoms with E-state index in [4.69, 9.17) is 21.4 Å². The Labute approximate surface area is 77.8 Å². The van der Waals surface area contributed by atoms with E-state index in [9.17, 15) is 0 Å². The predicted octanol–water partition coefficient (Wildman–Crippen LogP) is 2.21. The van der Waals surface area contributed by atoms with Gasteiger partial charge in [-0.3, -0.25) is 0 Å². The molecule has 1 N–H and O–H groups in total. The van der Waals surface area contributed by atoms with E-state index in [1.165, 1.54) is 0 Å². The highest BCUT2D eigenvalue weighted by atomic mass is 35.5. The summed E-state index contributed by atoms with van der Waals surface area (Å²) in [6, 6.07) is 0. The maximum atomic E-state index is 8.49. The van der Waals surface area contributed by atoms with Gasteiger partial charge in [0.1, 0.15) is 12.4 Å². The minimum Gasteiger partial charge on any atom is -0.491 e. The van der Waals surface area contributed by atoms with Crippen LogP contribution in [0.15, 0.2) is 35.6 Å². The Balaban J connectivity index is 4.39. The number of hydrogen-bond donors (Lipinski definition) is 1. The van der Waals surface area contributed by atoms with Crippen LogP contribution < -0.4 is 0 Å². The zero-order valence-corrected chi connectivity index (χ0v) is 7.90. The van der Waals surface area contributed by atoms with Gasteiger partial charge in [-0.1, -0.05) is 24.8 Å². The van der Waals surface area contributed by atoms with Crippen molar-refractivity contribution in [3.05, 3.63) is 35.6 Å². The molecule has 0 aromatic carbocycles. The number of ether oxygens (including phenoxy) is 1. The van der Waals surface area contributed by atoms with E-state index < -0.39 is 0 Å². The highest BCUT2D eigenvalue weighted by Gasteiger charge is 2.01. The van der Waals surface area contributed by atoms with Crippen LogP contribution in [0.2, 0.25) is 0 Å². The van der Waals surface area contributed by atoms with Gasteiger partial charge in [0.15, 0.2) is 0 Å². The Hall–Kier alpha value is -0.730. The van der Waals surface area contributed by atoms with Crippen molar-refractivity contribution in [3.63, 3.8) is 0 Å². The second-order valence-corrected chi connectivity index (χ2v) is 2.63. The molecule has 0 aliphatic carbocycles. The van der Waals surface area contributed by atoms with Crippen molar-refractivity contribution in [2.24, 2.45) is 0 Å². The summed E-state index contributed by atoms with van der Waals surface area (Å²) in [6.45, 7) is 9.09. The minimum atomic E-state index is -0.0284. The molecule has 0 aromatic rings. The van der Waals surface area contributed by atoms with Gasteiger partial charge in [-0.25, -0.2) is 0 Å².